The molecular weight excluding hydrogens is 448 g/mol. The zero-order valence-electron chi connectivity index (χ0n) is 17.7. The Kier molecular flexibility index (Phi) is 8.33. The van der Waals surface area contributed by atoms with Crippen molar-refractivity contribution < 1.29 is 22.7 Å². The average molecular weight is 475 g/mol. The predicted molar refractivity (Wildman–Crippen MR) is 120 cm³/mol. The van der Waals surface area contributed by atoms with Gasteiger partial charge in [-0.05, 0) is 25.0 Å². The summed E-state index contributed by atoms with van der Waals surface area (Å²) in [5.41, 5.74) is 0.281. The van der Waals surface area contributed by atoms with E-state index in [1.165, 1.54) is 38.5 Å². The first kappa shape index (κ1) is 24.2. The van der Waals surface area contributed by atoms with Crippen LogP contribution >= 0.6 is 23.1 Å². The first-order valence-electron chi connectivity index (χ1n) is 9.05. The lowest BCUT2D eigenvalue weighted by molar-refractivity contribution is -0.116. The van der Waals surface area contributed by atoms with Gasteiger partial charge >= 0.3 is 0 Å². The van der Waals surface area contributed by atoms with Crippen molar-refractivity contribution in [2.45, 2.75) is 31.2 Å². The zero-order chi connectivity index (χ0) is 22.5. The second-order valence-corrected chi connectivity index (χ2v) is 10.9. The number of nitrogens with one attached hydrogen (secondary N) is 1. The second kappa shape index (κ2) is 10.3. The third-order valence-corrected chi connectivity index (χ3v) is 7.53. The molecule has 0 aliphatic carbocycles. The van der Waals surface area contributed by atoms with Gasteiger partial charge in [0.05, 0.1) is 26.2 Å². The number of thioether (sulfide) groups is 1. The Balaban J connectivity index is 2.23. The lowest BCUT2D eigenvalue weighted by Gasteiger charge is -2.28. The molecule has 1 atom stereocenters. The van der Waals surface area contributed by atoms with Crippen LogP contribution in [0, 0.1) is 5.92 Å². The molecule has 0 bridgehead atoms. The number of ether oxygens (including phenoxy) is 2. The third-order valence-electron chi connectivity index (χ3n) is 3.89. The smallest absolute Gasteiger partial charge is 0.249 e. The fourth-order valence-corrected chi connectivity index (χ4v) is 5.44. The van der Waals surface area contributed by atoms with E-state index in [1.54, 1.807) is 23.9 Å². The summed E-state index contributed by atoms with van der Waals surface area (Å²) in [5, 5.41) is 11.0. The number of hydrogen-bond acceptors (Lipinski definition) is 9. The highest BCUT2D eigenvalue weighted by Crippen LogP contribution is 2.33. The van der Waals surface area contributed by atoms with Crippen LogP contribution in [0.25, 0.3) is 0 Å². The molecule has 9 nitrogen and oxygen atoms in total. The molecule has 166 valence electrons. The molecular formula is C18H26N4O5S3. The van der Waals surface area contributed by atoms with Crippen molar-refractivity contribution in [3.8, 4) is 11.5 Å². The summed E-state index contributed by atoms with van der Waals surface area (Å²) in [6, 6.07) is 3.61. The summed E-state index contributed by atoms with van der Waals surface area (Å²) < 4.78 is 37.2. The van der Waals surface area contributed by atoms with Crippen LogP contribution in [0.3, 0.4) is 0 Å². The van der Waals surface area contributed by atoms with Crippen molar-refractivity contribution in [3.63, 3.8) is 0 Å². The third kappa shape index (κ3) is 6.22. The normalized spacial score (nSPS) is 12.5. The molecule has 1 amide bonds. The summed E-state index contributed by atoms with van der Waals surface area (Å²) in [6.45, 7) is 5.71. The highest BCUT2D eigenvalue weighted by Gasteiger charge is 2.30. The van der Waals surface area contributed by atoms with E-state index in [4.69, 9.17) is 9.47 Å². The van der Waals surface area contributed by atoms with Gasteiger partial charge < -0.3 is 9.47 Å². The summed E-state index contributed by atoms with van der Waals surface area (Å²) in [4.78, 5) is 12.8. The predicted octanol–water partition coefficient (Wildman–Crippen LogP) is 3.10. The second-order valence-electron chi connectivity index (χ2n) is 6.84. The van der Waals surface area contributed by atoms with Gasteiger partial charge in [0.25, 0.3) is 0 Å². The first-order valence-corrected chi connectivity index (χ1v) is 12.7. The average Bonchev–Trinajstić information content (AvgIpc) is 3.12. The van der Waals surface area contributed by atoms with Crippen molar-refractivity contribution in [1.82, 2.24) is 10.2 Å². The van der Waals surface area contributed by atoms with Crippen LogP contribution in [-0.2, 0) is 14.8 Å². The molecule has 1 unspecified atom stereocenters. The lowest BCUT2D eigenvalue weighted by atomic mass is 10.2. The molecule has 1 aromatic heterocycles. The number of benzene rings is 1. The molecule has 0 aliphatic rings. The summed E-state index contributed by atoms with van der Waals surface area (Å²) in [7, 11) is -0.837. The number of carbonyl (C=O) groups is 1. The van der Waals surface area contributed by atoms with Gasteiger partial charge in [0, 0.05) is 11.8 Å². The van der Waals surface area contributed by atoms with Crippen molar-refractivity contribution in [1.29, 1.82) is 0 Å². The largest absolute Gasteiger partial charge is 0.493 e. The van der Waals surface area contributed by atoms with Crippen LogP contribution in [0.1, 0.15) is 20.8 Å². The van der Waals surface area contributed by atoms with Crippen LogP contribution in [0.5, 0.6) is 11.5 Å². The zero-order valence-corrected chi connectivity index (χ0v) is 20.2. The van der Waals surface area contributed by atoms with E-state index in [1.807, 2.05) is 0 Å². The highest BCUT2D eigenvalue weighted by atomic mass is 32.2. The minimum Gasteiger partial charge on any atom is -0.493 e. The van der Waals surface area contributed by atoms with Crippen molar-refractivity contribution in [2.24, 2.45) is 5.92 Å². The maximum absolute atomic E-state index is 12.8. The molecule has 0 spiro atoms. The van der Waals surface area contributed by atoms with Gasteiger partial charge in [-0.3, -0.25) is 14.4 Å². The van der Waals surface area contributed by atoms with Crippen LogP contribution in [0.15, 0.2) is 22.5 Å². The van der Waals surface area contributed by atoms with E-state index in [0.717, 1.165) is 20.7 Å². The number of amides is 1. The Morgan fingerprint density at radius 1 is 1.20 bits per heavy atom. The van der Waals surface area contributed by atoms with Gasteiger partial charge in [-0.15, -0.1) is 10.2 Å². The minimum atomic E-state index is -3.77. The molecule has 1 aromatic carbocycles. The minimum absolute atomic E-state index is 0.281. The number of aromatic nitrogens is 2. The van der Waals surface area contributed by atoms with Gasteiger partial charge in [-0.2, -0.15) is 0 Å². The Bertz CT molecular complexity index is 978. The Hall–Kier alpha value is -2.05. The molecule has 2 rings (SSSR count). The molecule has 1 heterocycles. The number of anilines is 2. The molecule has 0 radical (unpaired) electrons. The lowest BCUT2D eigenvalue weighted by Crippen LogP contribution is -2.45. The number of rotatable bonds is 10. The Labute approximate surface area is 185 Å². The first-order chi connectivity index (χ1) is 14.1. The topological polar surface area (TPSA) is 111 Å². The molecule has 0 aliphatic heterocycles. The standard InChI is InChI=1S/C18H26N4O5S3/c1-11(2)10-28-18-21-20-17(29-18)19-16(23)12(3)22(30(6,24)25)13-7-8-14(26-4)15(9-13)27-5/h7-9,11-12H,10H2,1-6H3,(H,19,20,23). The van der Waals surface area contributed by atoms with E-state index >= 15 is 0 Å². The van der Waals surface area contributed by atoms with Crippen molar-refractivity contribution in [3.05, 3.63) is 18.2 Å². The fourth-order valence-electron chi connectivity index (χ4n) is 2.54. The van der Waals surface area contributed by atoms with Gasteiger partial charge in [0.15, 0.2) is 15.8 Å². The van der Waals surface area contributed by atoms with Crippen LogP contribution in [0.2, 0.25) is 0 Å². The number of nitrogens with zero attached hydrogens (tertiary/aromatic N) is 3. The van der Waals surface area contributed by atoms with Crippen molar-refractivity contribution in [2.75, 3.05) is 35.9 Å². The van der Waals surface area contributed by atoms with Crippen LogP contribution in [-0.4, -0.2) is 56.8 Å². The molecule has 0 saturated carbocycles. The molecule has 2 aromatic rings. The number of hydrogen-bond donors (Lipinski definition) is 1. The van der Waals surface area contributed by atoms with E-state index in [2.05, 4.69) is 29.4 Å². The van der Waals surface area contributed by atoms with E-state index in [9.17, 15) is 13.2 Å². The summed E-state index contributed by atoms with van der Waals surface area (Å²) in [5.74, 6) is 1.67. The molecule has 0 saturated heterocycles. The Morgan fingerprint density at radius 2 is 1.87 bits per heavy atom. The fraction of sp³-hybridized carbons (Fsp3) is 0.500. The molecule has 1 N–H and O–H groups in total. The van der Waals surface area contributed by atoms with Crippen molar-refractivity contribution >= 4 is 49.8 Å². The van der Waals surface area contributed by atoms with Gasteiger partial charge in [0.2, 0.25) is 21.1 Å². The van der Waals surface area contributed by atoms with Gasteiger partial charge in [-0.25, -0.2) is 8.42 Å². The van der Waals surface area contributed by atoms with Crippen LogP contribution < -0.4 is 19.1 Å². The Morgan fingerprint density at radius 3 is 2.43 bits per heavy atom. The van der Waals surface area contributed by atoms with Crippen LogP contribution in [0.4, 0.5) is 10.8 Å². The molecule has 12 heteroatoms. The maximum Gasteiger partial charge on any atom is 0.249 e. The monoisotopic (exact) mass is 474 g/mol. The number of sulfonamides is 1. The van der Waals surface area contributed by atoms with E-state index in [0.29, 0.717) is 22.5 Å². The summed E-state index contributed by atoms with van der Waals surface area (Å²) in [6.07, 6.45) is 1.04. The quantitative estimate of drug-likeness (QED) is 0.413. The number of methoxy groups -OCH3 is 2. The highest BCUT2D eigenvalue weighted by molar-refractivity contribution is 8.01. The van der Waals surface area contributed by atoms with E-state index in [-0.39, 0.29) is 5.69 Å². The van der Waals surface area contributed by atoms with Gasteiger partial charge in [-0.1, -0.05) is 36.9 Å². The van der Waals surface area contributed by atoms with E-state index < -0.39 is 22.0 Å². The number of carbonyl (C=O) groups excluding carboxylic acids is 1. The maximum atomic E-state index is 12.8. The SMILES string of the molecule is COc1ccc(N(C(C)C(=O)Nc2nnc(SCC(C)C)s2)S(C)(=O)=O)cc1OC. The molecule has 30 heavy (non-hydrogen) atoms. The molecule has 0 fully saturated rings. The van der Waals surface area contributed by atoms with Gasteiger partial charge in [0.1, 0.15) is 6.04 Å². The summed E-state index contributed by atoms with van der Waals surface area (Å²) >= 11 is 2.81.